The molecule has 0 aliphatic rings. The fraction of sp³-hybridized carbons (Fsp3) is 0.231. The number of aromatic nitrogens is 2. The minimum atomic E-state index is -0.215. The van der Waals surface area contributed by atoms with Crippen LogP contribution in [0.4, 0.5) is 5.69 Å². The molecule has 5 heteroatoms. The summed E-state index contributed by atoms with van der Waals surface area (Å²) in [5.41, 5.74) is 2.72. The van der Waals surface area contributed by atoms with Crippen molar-refractivity contribution >= 4 is 11.6 Å². The van der Waals surface area contributed by atoms with E-state index in [9.17, 15) is 4.79 Å². The minimum Gasteiger partial charge on any atom is -0.392 e. The van der Waals surface area contributed by atoms with Gasteiger partial charge in [-0.2, -0.15) is 5.10 Å². The van der Waals surface area contributed by atoms with Gasteiger partial charge in [-0.25, -0.2) is 0 Å². The van der Waals surface area contributed by atoms with Crippen molar-refractivity contribution in [3.63, 3.8) is 0 Å². The zero-order valence-electron chi connectivity index (χ0n) is 10.3. The minimum absolute atomic E-state index is 0.0471. The van der Waals surface area contributed by atoms with E-state index in [-0.39, 0.29) is 12.5 Å². The Morgan fingerprint density at radius 1 is 1.44 bits per heavy atom. The number of nitrogens with zero attached hydrogens (tertiary/aromatic N) is 2. The van der Waals surface area contributed by atoms with E-state index in [4.69, 9.17) is 5.11 Å². The summed E-state index contributed by atoms with van der Waals surface area (Å²) in [4.78, 5) is 12.0. The summed E-state index contributed by atoms with van der Waals surface area (Å²) in [6, 6.07) is 8.83. The molecule has 0 radical (unpaired) electrons. The van der Waals surface area contributed by atoms with Crippen molar-refractivity contribution in [2.24, 2.45) is 7.05 Å². The number of amides is 1. The molecule has 1 aromatic carbocycles. The predicted molar refractivity (Wildman–Crippen MR) is 68.3 cm³/mol. The topological polar surface area (TPSA) is 67.2 Å². The highest BCUT2D eigenvalue weighted by Crippen LogP contribution is 2.12. The van der Waals surface area contributed by atoms with Gasteiger partial charge in [0.05, 0.1) is 12.3 Å². The molecule has 2 N–H and O–H groups in total. The van der Waals surface area contributed by atoms with Crippen LogP contribution in [-0.4, -0.2) is 20.8 Å². The van der Waals surface area contributed by atoms with Crippen LogP contribution in [0.25, 0.3) is 0 Å². The molecule has 2 rings (SSSR count). The molecule has 5 nitrogen and oxygen atoms in total. The number of hydrogen-bond donors (Lipinski definition) is 2. The van der Waals surface area contributed by atoms with E-state index in [2.05, 4.69) is 10.4 Å². The van der Waals surface area contributed by atoms with E-state index in [1.54, 1.807) is 42.1 Å². The Balaban J connectivity index is 2.18. The number of aliphatic hydroxyl groups excluding tert-OH is 1. The smallest absolute Gasteiger partial charge is 0.273 e. The Morgan fingerprint density at radius 3 is 2.83 bits per heavy atom. The standard InChI is InChI=1S/C13H15N3O2/c1-9-6-12(16(2)15-9)13(18)14-11-5-3-4-10(7-11)8-17/h3-7,17H,8H2,1-2H3,(H,14,18). The van der Waals surface area contributed by atoms with Crippen molar-refractivity contribution < 1.29 is 9.90 Å². The molecule has 0 atom stereocenters. The summed E-state index contributed by atoms with van der Waals surface area (Å²) in [6.07, 6.45) is 0. The van der Waals surface area contributed by atoms with Crippen LogP contribution in [0.2, 0.25) is 0 Å². The lowest BCUT2D eigenvalue weighted by Gasteiger charge is -2.06. The average molecular weight is 245 g/mol. The second-order valence-corrected chi connectivity index (χ2v) is 4.11. The van der Waals surface area contributed by atoms with Crippen LogP contribution in [0.5, 0.6) is 0 Å². The van der Waals surface area contributed by atoms with Gasteiger partial charge in [-0.3, -0.25) is 9.48 Å². The summed E-state index contributed by atoms with van der Waals surface area (Å²) in [5, 5.41) is 15.9. The first-order chi connectivity index (χ1) is 8.60. The van der Waals surface area contributed by atoms with Crippen molar-refractivity contribution in [2.75, 3.05) is 5.32 Å². The van der Waals surface area contributed by atoms with Crippen LogP contribution in [0, 0.1) is 6.92 Å². The molecule has 0 fully saturated rings. The van der Waals surface area contributed by atoms with Gasteiger partial charge in [0.2, 0.25) is 0 Å². The van der Waals surface area contributed by atoms with Crippen molar-refractivity contribution in [1.82, 2.24) is 9.78 Å². The first-order valence-electron chi connectivity index (χ1n) is 5.62. The van der Waals surface area contributed by atoms with Gasteiger partial charge in [0.1, 0.15) is 5.69 Å². The Labute approximate surface area is 105 Å². The van der Waals surface area contributed by atoms with E-state index < -0.39 is 0 Å². The highest BCUT2D eigenvalue weighted by Gasteiger charge is 2.11. The van der Waals surface area contributed by atoms with Crippen LogP contribution in [0.15, 0.2) is 30.3 Å². The number of carbonyl (C=O) groups is 1. The van der Waals surface area contributed by atoms with Gasteiger partial charge in [-0.15, -0.1) is 0 Å². The maximum Gasteiger partial charge on any atom is 0.273 e. The van der Waals surface area contributed by atoms with Crippen LogP contribution in [0.1, 0.15) is 21.7 Å². The number of carbonyl (C=O) groups excluding carboxylic acids is 1. The van der Waals surface area contributed by atoms with Crippen molar-refractivity contribution in [2.45, 2.75) is 13.5 Å². The number of hydrogen-bond acceptors (Lipinski definition) is 3. The summed E-state index contributed by atoms with van der Waals surface area (Å²) >= 11 is 0. The van der Waals surface area contributed by atoms with Crippen LogP contribution in [-0.2, 0) is 13.7 Å². The van der Waals surface area contributed by atoms with E-state index >= 15 is 0 Å². The maximum atomic E-state index is 12.0. The molecule has 0 aliphatic heterocycles. The second-order valence-electron chi connectivity index (χ2n) is 4.11. The van der Waals surface area contributed by atoms with Crippen LogP contribution in [0.3, 0.4) is 0 Å². The summed E-state index contributed by atoms with van der Waals surface area (Å²) < 4.78 is 1.54. The molecule has 0 saturated carbocycles. The molecule has 1 amide bonds. The lowest BCUT2D eigenvalue weighted by molar-refractivity contribution is 0.101. The van der Waals surface area contributed by atoms with Gasteiger partial charge in [0.15, 0.2) is 0 Å². The quantitative estimate of drug-likeness (QED) is 0.860. The molecule has 0 aliphatic carbocycles. The third kappa shape index (κ3) is 2.57. The Kier molecular flexibility index (Phi) is 3.43. The van der Waals surface area contributed by atoms with Crippen molar-refractivity contribution in [3.8, 4) is 0 Å². The molecular formula is C13H15N3O2. The third-order valence-electron chi connectivity index (χ3n) is 2.60. The molecule has 94 valence electrons. The van der Waals surface area contributed by atoms with Crippen molar-refractivity contribution in [3.05, 3.63) is 47.3 Å². The lowest BCUT2D eigenvalue weighted by Crippen LogP contribution is -2.16. The SMILES string of the molecule is Cc1cc(C(=O)Nc2cccc(CO)c2)n(C)n1. The lowest BCUT2D eigenvalue weighted by atomic mass is 10.2. The molecule has 2 aromatic rings. The van der Waals surface area contributed by atoms with Gasteiger partial charge in [0, 0.05) is 12.7 Å². The number of benzene rings is 1. The highest BCUT2D eigenvalue weighted by atomic mass is 16.3. The third-order valence-corrected chi connectivity index (χ3v) is 2.60. The zero-order chi connectivity index (χ0) is 13.1. The number of rotatable bonds is 3. The van der Waals surface area contributed by atoms with E-state index in [1.807, 2.05) is 6.92 Å². The monoisotopic (exact) mass is 245 g/mol. The van der Waals surface area contributed by atoms with Crippen LogP contribution >= 0.6 is 0 Å². The second kappa shape index (κ2) is 5.01. The van der Waals surface area contributed by atoms with Gasteiger partial charge < -0.3 is 10.4 Å². The normalized spacial score (nSPS) is 10.4. The molecule has 18 heavy (non-hydrogen) atoms. The largest absolute Gasteiger partial charge is 0.392 e. The predicted octanol–water partition coefficient (Wildman–Crippen LogP) is 1.47. The van der Waals surface area contributed by atoms with Gasteiger partial charge in [0.25, 0.3) is 5.91 Å². The molecule has 0 bridgehead atoms. The fourth-order valence-electron chi connectivity index (χ4n) is 1.77. The van der Waals surface area contributed by atoms with E-state index in [1.165, 1.54) is 0 Å². The molecule has 0 unspecified atom stereocenters. The molecule has 0 spiro atoms. The average Bonchev–Trinajstić information content (AvgIpc) is 2.69. The summed E-state index contributed by atoms with van der Waals surface area (Å²) in [7, 11) is 1.73. The maximum absolute atomic E-state index is 12.0. The van der Waals surface area contributed by atoms with Crippen LogP contribution < -0.4 is 5.32 Å². The molecule has 1 heterocycles. The molecular weight excluding hydrogens is 230 g/mol. The zero-order valence-corrected chi connectivity index (χ0v) is 10.3. The van der Waals surface area contributed by atoms with Gasteiger partial charge in [-0.05, 0) is 30.7 Å². The first kappa shape index (κ1) is 12.3. The molecule has 1 aromatic heterocycles. The van der Waals surface area contributed by atoms with Gasteiger partial charge in [-0.1, -0.05) is 12.1 Å². The van der Waals surface area contributed by atoms with E-state index in [0.29, 0.717) is 11.4 Å². The first-order valence-corrected chi connectivity index (χ1v) is 5.62. The Morgan fingerprint density at radius 2 is 2.22 bits per heavy atom. The van der Waals surface area contributed by atoms with Crippen molar-refractivity contribution in [1.29, 1.82) is 0 Å². The fourth-order valence-corrected chi connectivity index (χ4v) is 1.77. The van der Waals surface area contributed by atoms with E-state index in [0.717, 1.165) is 11.3 Å². The summed E-state index contributed by atoms with van der Waals surface area (Å²) in [6.45, 7) is 1.79. The number of aryl methyl sites for hydroxylation is 2. The highest BCUT2D eigenvalue weighted by molar-refractivity contribution is 6.03. The summed E-state index contributed by atoms with van der Waals surface area (Å²) in [5.74, 6) is -0.215. The molecule has 0 saturated heterocycles. The Hall–Kier alpha value is -2.14. The number of anilines is 1. The number of aliphatic hydroxyl groups is 1. The Bertz CT molecular complexity index is 575. The van der Waals surface area contributed by atoms with Gasteiger partial charge >= 0.3 is 0 Å². The number of nitrogens with one attached hydrogen (secondary N) is 1.